The van der Waals surface area contributed by atoms with Gasteiger partial charge < -0.3 is 9.47 Å². The summed E-state index contributed by atoms with van der Waals surface area (Å²) in [6, 6.07) is 5.35. The van der Waals surface area contributed by atoms with Crippen molar-refractivity contribution in [2.24, 2.45) is 0 Å². The molecule has 0 saturated heterocycles. The normalized spacial score (nSPS) is 13.5. The van der Waals surface area contributed by atoms with Gasteiger partial charge in [0.1, 0.15) is 11.5 Å². The molecule has 1 aromatic carbocycles. The number of hydrogen-bond acceptors (Lipinski definition) is 3. The molecule has 1 aromatic rings. The molecule has 0 bridgehead atoms. The molecule has 1 heterocycles. The molecule has 0 atom stereocenters. The molecule has 0 fully saturated rings. The fraction of sp³-hybridized carbons (Fsp3) is 0.250. The molecule has 1 aliphatic heterocycles. The van der Waals surface area contributed by atoms with Crippen molar-refractivity contribution in [3.63, 3.8) is 0 Å². The minimum Gasteiger partial charge on any atom is -0.497 e. The van der Waals surface area contributed by atoms with E-state index in [1.165, 1.54) is 0 Å². The number of methoxy groups -OCH3 is 1. The Morgan fingerprint density at radius 3 is 2.67 bits per heavy atom. The van der Waals surface area contributed by atoms with Gasteiger partial charge in [0.2, 0.25) is 0 Å². The molecule has 0 radical (unpaired) electrons. The van der Waals surface area contributed by atoms with E-state index >= 15 is 0 Å². The fourth-order valence-corrected chi connectivity index (χ4v) is 1.65. The third-order valence-corrected chi connectivity index (χ3v) is 2.36. The largest absolute Gasteiger partial charge is 0.497 e. The number of ether oxygens (including phenoxy) is 2. The molecule has 0 amide bonds. The highest BCUT2D eigenvalue weighted by molar-refractivity contribution is 6.22. The zero-order valence-corrected chi connectivity index (χ0v) is 8.96. The molecule has 2 rings (SSSR count). The second-order valence-electron chi connectivity index (χ2n) is 3.63. The van der Waals surface area contributed by atoms with Gasteiger partial charge in [-0.05, 0) is 32.0 Å². The Balaban J connectivity index is 2.61. The molecule has 0 N–H and O–H groups in total. The number of benzene rings is 1. The molecule has 3 nitrogen and oxygen atoms in total. The van der Waals surface area contributed by atoms with Crippen molar-refractivity contribution in [2.45, 2.75) is 13.8 Å². The SMILES string of the molecule is COc1ccc2c(c1)C(=C(C)C)C(=O)O2. The summed E-state index contributed by atoms with van der Waals surface area (Å²) in [6.45, 7) is 3.79. The van der Waals surface area contributed by atoms with Crippen LogP contribution in [0, 0.1) is 0 Å². The van der Waals surface area contributed by atoms with Gasteiger partial charge in [-0.1, -0.05) is 5.57 Å². The Morgan fingerprint density at radius 1 is 1.33 bits per heavy atom. The van der Waals surface area contributed by atoms with E-state index in [2.05, 4.69) is 0 Å². The molecule has 0 spiro atoms. The monoisotopic (exact) mass is 204 g/mol. The number of carbonyl (C=O) groups is 1. The maximum atomic E-state index is 11.6. The first-order valence-corrected chi connectivity index (χ1v) is 4.71. The minimum atomic E-state index is -0.279. The van der Waals surface area contributed by atoms with E-state index in [1.54, 1.807) is 19.2 Å². The Bertz CT molecular complexity index is 454. The predicted molar refractivity (Wildman–Crippen MR) is 56.9 cm³/mol. The van der Waals surface area contributed by atoms with Crippen LogP contribution < -0.4 is 9.47 Å². The van der Waals surface area contributed by atoms with Crippen LogP contribution >= 0.6 is 0 Å². The molecule has 78 valence electrons. The predicted octanol–water partition coefficient (Wildman–Crippen LogP) is 2.41. The van der Waals surface area contributed by atoms with Crippen LogP contribution in [0.3, 0.4) is 0 Å². The summed E-state index contributed by atoms with van der Waals surface area (Å²) >= 11 is 0. The lowest BCUT2D eigenvalue weighted by atomic mass is 10.0. The standard InChI is InChI=1S/C12H12O3/c1-7(2)11-9-6-8(14-3)4-5-10(9)15-12(11)13/h4-6H,1-3H3. The van der Waals surface area contributed by atoms with Crippen molar-refractivity contribution in [3.8, 4) is 11.5 Å². The summed E-state index contributed by atoms with van der Waals surface area (Å²) in [5, 5.41) is 0. The van der Waals surface area contributed by atoms with E-state index in [9.17, 15) is 4.79 Å². The maximum Gasteiger partial charge on any atom is 0.344 e. The van der Waals surface area contributed by atoms with E-state index in [4.69, 9.17) is 9.47 Å². The van der Waals surface area contributed by atoms with Crippen LogP contribution in [0.4, 0.5) is 0 Å². The van der Waals surface area contributed by atoms with Crippen molar-refractivity contribution in [1.82, 2.24) is 0 Å². The molecule has 0 unspecified atom stereocenters. The van der Waals surface area contributed by atoms with Crippen LogP contribution in [0.25, 0.3) is 5.57 Å². The third kappa shape index (κ3) is 1.50. The molecule has 0 aromatic heterocycles. The van der Waals surface area contributed by atoms with Gasteiger partial charge in [-0.15, -0.1) is 0 Å². The average Bonchev–Trinajstić information content (AvgIpc) is 2.52. The van der Waals surface area contributed by atoms with Gasteiger partial charge in [0.15, 0.2) is 0 Å². The number of hydrogen-bond donors (Lipinski definition) is 0. The molecule has 3 heteroatoms. The van der Waals surface area contributed by atoms with Crippen molar-refractivity contribution in [1.29, 1.82) is 0 Å². The maximum absolute atomic E-state index is 11.6. The summed E-state index contributed by atoms with van der Waals surface area (Å²) in [4.78, 5) is 11.6. The Morgan fingerprint density at radius 2 is 2.07 bits per heavy atom. The number of fused-ring (bicyclic) bond motifs is 1. The smallest absolute Gasteiger partial charge is 0.344 e. The molecular formula is C12H12O3. The molecule has 15 heavy (non-hydrogen) atoms. The van der Waals surface area contributed by atoms with E-state index in [0.717, 1.165) is 16.9 Å². The highest BCUT2D eigenvalue weighted by atomic mass is 16.5. The lowest BCUT2D eigenvalue weighted by Crippen LogP contribution is -2.01. The summed E-state index contributed by atoms with van der Waals surface area (Å²) in [5.41, 5.74) is 2.41. The summed E-state index contributed by atoms with van der Waals surface area (Å²) in [5.74, 6) is 1.06. The second kappa shape index (κ2) is 3.42. The van der Waals surface area contributed by atoms with Gasteiger partial charge in [-0.3, -0.25) is 0 Å². The fourth-order valence-electron chi connectivity index (χ4n) is 1.65. The van der Waals surface area contributed by atoms with Crippen LogP contribution in [0.5, 0.6) is 11.5 Å². The van der Waals surface area contributed by atoms with E-state index in [0.29, 0.717) is 11.3 Å². The van der Waals surface area contributed by atoms with Gasteiger partial charge in [0, 0.05) is 5.56 Å². The van der Waals surface area contributed by atoms with Gasteiger partial charge in [-0.2, -0.15) is 0 Å². The van der Waals surface area contributed by atoms with Crippen molar-refractivity contribution in [2.75, 3.05) is 7.11 Å². The number of rotatable bonds is 1. The zero-order valence-electron chi connectivity index (χ0n) is 8.96. The third-order valence-electron chi connectivity index (χ3n) is 2.36. The second-order valence-corrected chi connectivity index (χ2v) is 3.63. The Hall–Kier alpha value is -1.77. The molecular weight excluding hydrogens is 192 g/mol. The van der Waals surface area contributed by atoms with E-state index in [1.807, 2.05) is 19.9 Å². The number of esters is 1. The van der Waals surface area contributed by atoms with Crippen molar-refractivity contribution in [3.05, 3.63) is 29.3 Å². The quantitative estimate of drug-likeness (QED) is 0.400. The van der Waals surface area contributed by atoms with E-state index in [-0.39, 0.29) is 5.97 Å². The first-order valence-electron chi connectivity index (χ1n) is 4.71. The lowest BCUT2D eigenvalue weighted by Gasteiger charge is -2.02. The van der Waals surface area contributed by atoms with Crippen LogP contribution in [0.15, 0.2) is 23.8 Å². The van der Waals surface area contributed by atoms with Crippen LogP contribution in [0.2, 0.25) is 0 Å². The zero-order chi connectivity index (χ0) is 11.0. The van der Waals surface area contributed by atoms with Gasteiger partial charge >= 0.3 is 5.97 Å². The summed E-state index contributed by atoms with van der Waals surface area (Å²) in [7, 11) is 1.60. The number of allylic oxidation sites excluding steroid dienone is 1. The first kappa shape index (κ1) is 9.77. The van der Waals surface area contributed by atoms with Crippen LogP contribution in [0.1, 0.15) is 19.4 Å². The topological polar surface area (TPSA) is 35.5 Å². The first-order chi connectivity index (χ1) is 7.13. The van der Waals surface area contributed by atoms with Crippen LogP contribution in [-0.4, -0.2) is 13.1 Å². The number of carbonyl (C=O) groups excluding carboxylic acids is 1. The summed E-state index contributed by atoms with van der Waals surface area (Å²) in [6.07, 6.45) is 0. The highest BCUT2D eigenvalue weighted by Crippen LogP contribution is 2.38. The van der Waals surface area contributed by atoms with Crippen molar-refractivity contribution >= 4 is 11.5 Å². The molecule has 1 aliphatic rings. The Labute approximate surface area is 88.3 Å². The Kier molecular flexibility index (Phi) is 2.23. The molecule has 0 aliphatic carbocycles. The molecule has 0 saturated carbocycles. The lowest BCUT2D eigenvalue weighted by molar-refractivity contribution is -0.127. The average molecular weight is 204 g/mol. The van der Waals surface area contributed by atoms with E-state index < -0.39 is 0 Å². The van der Waals surface area contributed by atoms with Gasteiger partial charge in [-0.25, -0.2) is 4.79 Å². The van der Waals surface area contributed by atoms with Crippen LogP contribution in [-0.2, 0) is 4.79 Å². The van der Waals surface area contributed by atoms with Gasteiger partial charge in [0.05, 0.1) is 12.7 Å². The minimum absolute atomic E-state index is 0.279. The summed E-state index contributed by atoms with van der Waals surface area (Å²) < 4.78 is 10.2. The highest BCUT2D eigenvalue weighted by Gasteiger charge is 2.28. The van der Waals surface area contributed by atoms with Gasteiger partial charge in [0.25, 0.3) is 0 Å². The van der Waals surface area contributed by atoms with Crippen molar-refractivity contribution < 1.29 is 14.3 Å².